The second-order valence-electron chi connectivity index (χ2n) is 5.55. The smallest absolute Gasteiger partial charge is 0.0917 e. The fraction of sp³-hybridized carbons (Fsp3) is 0.357. The average molecular weight is 244 g/mol. The number of aryl methyl sites for hydroxylation is 1. The van der Waals surface area contributed by atoms with E-state index < -0.39 is 8.07 Å². The average Bonchev–Trinajstić information content (AvgIpc) is 2.56. The topological polar surface area (TPSA) is 17.8 Å². The van der Waals surface area contributed by atoms with Crippen molar-refractivity contribution in [2.75, 3.05) is 0 Å². The van der Waals surface area contributed by atoms with Crippen molar-refractivity contribution in [1.82, 2.24) is 9.78 Å². The molecule has 2 aromatic rings. The van der Waals surface area contributed by atoms with Crippen molar-refractivity contribution >= 4 is 13.3 Å². The summed E-state index contributed by atoms with van der Waals surface area (Å²) in [5.41, 5.74) is 3.71. The molecule has 0 unspecified atom stereocenters. The summed E-state index contributed by atoms with van der Waals surface area (Å²) < 4.78 is 2.01. The minimum absolute atomic E-state index is 1.17. The third-order valence-electron chi connectivity index (χ3n) is 3.13. The van der Waals surface area contributed by atoms with Gasteiger partial charge in [-0.05, 0) is 12.1 Å². The van der Waals surface area contributed by atoms with Crippen molar-refractivity contribution in [2.24, 2.45) is 7.05 Å². The van der Waals surface area contributed by atoms with Crippen LogP contribution in [0.3, 0.4) is 0 Å². The van der Waals surface area contributed by atoms with Crippen molar-refractivity contribution in [3.8, 4) is 11.3 Å². The lowest BCUT2D eigenvalue weighted by molar-refractivity contribution is 0.743. The standard InChI is InChI=1S/C14H20N2Si/c1-11-14(17(3,4)5)13(15-16(11)2)12-9-7-6-8-10-12/h6-10H,1-5H3. The maximum absolute atomic E-state index is 4.70. The van der Waals surface area contributed by atoms with Crippen LogP contribution < -0.4 is 5.19 Å². The van der Waals surface area contributed by atoms with Gasteiger partial charge in [0.25, 0.3) is 0 Å². The molecule has 0 aliphatic rings. The predicted molar refractivity (Wildman–Crippen MR) is 76.4 cm³/mol. The largest absolute Gasteiger partial charge is 0.272 e. The zero-order valence-corrected chi connectivity index (χ0v) is 12.3. The van der Waals surface area contributed by atoms with Gasteiger partial charge < -0.3 is 0 Å². The van der Waals surface area contributed by atoms with Gasteiger partial charge in [-0.25, -0.2) is 0 Å². The van der Waals surface area contributed by atoms with Gasteiger partial charge in [-0.2, -0.15) is 5.10 Å². The Hall–Kier alpha value is -1.35. The molecule has 0 saturated heterocycles. The highest BCUT2D eigenvalue weighted by Gasteiger charge is 2.26. The third-order valence-corrected chi connectivity index (χ3v) is 5.23. The molecule has 2 nitrogen and oxygen atoms in total. The zero-order chi connectivity index (χ0) is 12.6. The van der Waals surface area contributed by atoms with Crippen LogP contribution in [0.1, 0.15) is 5.69 Å². The van der Waals surface area contributed by atoms with Crippen LogP contribution in [0.2, 0.25) is 19.6 Å². The van der Waals surface area contributed by atoms with Crippen LogP contribution in [0.4, 0.5) is 0 Å². The monoisotopic (exact) mass is 244 g/mol. The second kappa shape index (κ2) is 4.15. The van der Waals surface area contributed by atoms with Crippen molar-refractivity contribution in [2.45, 2.75) is 26.6 Å². The summed E-state index contributed by atoms with van der Waals surface area (Å²) in [4.78, 5) is 0. The van der Waals surface area contributed by atoms with Gasteiger partial charge in [0.05, 0.1) is 13.8 Å². The Bertz CT molecular complexity index is 521. The molecule has 17 heavy (non-hydrogen) atoms. The first-order chi connectivity index (χ1) is 7.91. The van der Waals surface area contributed by atoms with Crippen LogP contribution in [-0.4, -0.2) is 17.9 Å². The molecule has 0 amide bonds. The van der Waals surface area contributed by atoms with Gasteiger partial charge in [0.1, 0.15) is 0 Å². The molecule has 0 atom stereocenters. The summed E-state index contributed by atoms with van der Waals surface area (Å²) in [6.07, 6.45) is 0. The maximum Gasteiger partial charge on any atom is 0.0917 e. The molecule has 0 radical (unpaired) electrons. The molecular weight excluding hydrogens is 224 g/mol. The van der Waals surface area contributed by atoms with Gasteiger partial charge in [-0.3, -0.25) is 4.68 Å². The van der Waals surface area contributed by atoms with E-state index in [2.05, 4.69) is 50.8 Å². The summed E-state index contributed by atoms with van der Waals surface area (Å²) in [6, 6.07) is 10.5. The van der Waals surface area contributed by atoms with Gasteiger partial charge in [0, 0.05) is 18.3 Å². The summed E-state index contributed by atoms with van der Waals surface area (Å²) in [6.45, 7) is 9.31. The van der Waals surface area contributed by atoms with Gasteiger partial charge in [-0.1, -0.05) is 50.0 Å². The van der Waals surface area contributed by atoms with Gasteiger partial charge in [0.15, 0.2) is 0 Å². The van der Waals surface area contributed by atoms with Crippen molar-refractivity contribution in [3.05, 3.63) is 36.0 Å². The molecule has 0 bridgehead atoms. The quantitative estimate of drug-likeness (QED) is 0.743. The van der Waals surface area contributed by atoms with Crippen LogP contribution in [-0.2, 0) is 7.05 Å². The lowest BCUT2D eigenvalue weighted by Crippen LogP contribution is -2.40. The molecule has 0 saturated carbocycles. The molecular formula is C14H20N2Si. The summed E-state index contributed by atoms with van der Waals surface area (Å²) in [5.74, 6) is 0. The normalized spacial score (nSPS) is 11.8. The van der Waals surface area contributed by atoms with Crippen molar-refractivity contribution in [3.63, 3.8) is 0 Å². The Morgan fingerprint density at radius 3 is 2.18 bits per heavy atom. The summed E-state index contributed by atoms with van der Waals surface area (Å²) in [5, 5.41) is 6.18. The van der Waals surface area contributed by atoms with E-state index in [1.165, 1.54) is 22.1 Å². The Balaban J connectivity index is 2.67. The molecule has 3 heteroatoms. The molecule has 0 N–H and O–H groups in total. The minimum Gasteiger partial charge on any atom is -0.272 e. The highest BCUT2D eigenvalue weighted by atomic mass is 28.3. The molecule has 0 fully saturated rings. The number of hydrogen-bond donors (Lipinski definition) is 0. The lowest BCUT2D eigenvalue weighted by atomic mass is 10.1. The zero-order valence-electron chi connectivity index (χ0n) is 11.3. The van der Waals surface area contributed by atoms with Crippen LogP contribution in [0.25, 0.3) is 11.3 Å². The van der Waals surface area contributed by atoms with Crippen molar-refractivity contribution in [1.29, 1.82) is 0 Å². The minimum atomic E-state index is -1.37. The fourth-order valence-corrected chi connectivity index (χ4v) is 4.46. The molecule has 1 aromatic heterocycles. The van der Waals surface area contributed by atoms with Gasteiger partial charge in [0.2, 0.25) is 0 Å². The Morgan fingerprint density at radius 2 is 1.65 bits per heavy atom. The van der Waals surface area contributed by atoms with E-state index in [1.807, 2.05) is 17.8 Å². The molecule has 0 spiro atoms. The Labute approximate surface area is 104 Å². The number of benzene rings is 1. The van der Waals surface area contributed by atoms with Crippen LogP contribution >= 0.6 is 0 Å². The van der Waals surface area contributed by atoms with E-state index in [9.17, 15) is 0 Å². The fourth-order valence-electron chi connectivity index (χ4n) is 2.30. The van der Waals surface area contributed by atoms with E-state index in [4.69, 9.17) is 5.10 Å². The molecule has 1 aromatic carbocycles. The van der Waals surface area contributed by atoms with Gasteiger partial charge >= 0.3 is 0 Å². The lowest BCUT2D eigenvalue weighted by Gasteiger charge is -2.17. The number of rotatable bonds is 2. The Morgan fingerprint density at radius 1 is 1.06 bits per heavy atom. The molecule has 1 heterocycles. The number of nitrogens with zero attached hydrogens (tertiary/aromatic N) is 2. The van der Waals surface area contributed by atoms with E-state index in [0.29, 0.717) is 0 Å². The number of hydrogen-bond acceptors (Lipinski definition) is 1. The first-order valence-corrected chi connectivity index (χ1v) is 9.51. The molecule has 0 aliphatic heterocycles. The van der Waals surface area contributed by atoms with E-state index in [0.717, 1.165) is 0 Å². The van der Waals surface area contributed by atoms with Crippen LogP contribution in [0.5, 0.6) is 0 Å². The third kappa shape index (κ3) is 2.20. The summed E-state index contributed by atoms with van der Waals surface area (Å²) in [7, 11) is 0.665. The highest BCUT2D eigenvalue weighted by Crippen LogP contribution is 2.20. The molecule has 2 rings (SSSR count). The predicted octanol–water partition coefficient (Wildman–Crippen LogP) is 2.94. The maximum atomic E-state index is 4.70. The summed E-state index contributed by atoms with van der Waals surface area (Å²) >= 11 is 0. The van der Waals surface area contributed by atoms with Crippen LogP contribution in [0.15, 0.2) is 30.3 Å². The van der Waals surface area contributed by atoms with Crippen molar-refractivity contribution < 1.29 is 0 Å². The first kappa shape index (κ1) is 12.1. The van der Waals surface area contributed by atoms with E-state index in [-0.39, 0.29) is 0 Å². The highest BCUT2D eigenvalue weighted by molar-refractivity contribution is 6.90. The molecule has 90 valence electrons. The molecule has 0 aliphatic carbocycles. The van der Waals surface area contributed by atoms with E-state index in [1.54, 1.807) is 0 Å². The van der Waals surface area contributed by atoms with Crippen LogP contribution in [0, 0.1) is 6.92 Å². The number of aromatic nitrogens is 2. The second-order valence-corrected chi connectivity index (χ2v) is 10.5. The van der Waals surface area contributed by atoms with E-state index >= 15 is 0 Å². The first-order valence-electron chi connectivity index (χ1n) is 6.01. The Kier molecular flexibility index (Phi) is 2.95. The SMILES string of the molecule is Cc1c([Si](C)(C)C)c(-c2ccccc2)nn1C. The van der Waals surface area contributed by atoms with Gasteiger partial charge in [-0.15, -0.1) is 0 Å².